The maximum atomic E-state index is 4.58. The summed E-state index contributed by atoms with van der Waals surface area (Å²) >= 11 is 0. The van der Waals surface area contributed by atoms with Crippen LogP contribution in [0.1, 0.15) is 51.5 Å². The van der Waals surface area contributed by atoms with Gasteiger partial charge in [0.2, 0.25) is 0 Å². The van der Waals surface area contributed by atoms with Gasteiger partial charge in [0.05, 0.1) is 6.04 Å². The second kappa shape index (κ2) is 5.44. The van der Waals surface area contributed by atoms with Gasteiger partial charge < -0.3 is 0 Å². The Hall–Kier alpha value is -1.18. The van der Waals surface area contributed by atoms with E-state index in [1.54, 1.807) is 0 Å². The average molecular weight is 230 g/mol. The Morgan fingerprint density at radius 3 is 2.29 bits per heavy atom. The summed E-state index contributed by atoms with van der Waals surface area (Å²) in [6, 6.07) is 10.9. The number of nitrogens with zero attached hydrogens (tertiary/aromatic N) is 2. The number of benzene rings is 1. The molecule has 1 fully saturated rings. The molecule has 0 atom stereocenters. The summed E-state index contributed by atoms with van der Waals surface area (Å²) < 4.78 is 0. The van der Waals surface area contributed by atoms with Crippen LogP contribution in [0, 0.1) is 0 Å². The molecule has 1 aliphatic carbocycles. The SMILES string of the molecule is CC(C)(/N=N/C1CCCCC1)c1ccccc1. The Bertz CT molecular complexity index is 362. The lowest BCUT2D eigenvalue weighted by Crippen LogP contribution is -2.15. The molecule has 0 aliphatic heterocycles. The fourth-order valence-corrected chi connectivity index (χ4v) is 2.33. The predicted molar refractivity (Wildman–Crippen MR) is 71.2 cm³/mol. The van der Waals surface area contributed by atoms with Crippen molar-refractivity contribution in [3.63, 3.8) is 0 Å². The molecule has 0 amide bonds. The molecule has 2 rings (SSSR count). The van der Waals surface area contributed by atoms with Gasteiger partial charge in [-0.25, -0.2) is 0 Å². The van der Waals surface area contributed by atoms with Crippen molar-refractivity contribution in [2.24, 2.45) is 10.2 Å². The fraction of sp³-hybridized carbons (Fsp3) is 0.600. The first kappa shape index (κ1) is 12.3. The minimum atomic E-state index is -0.196. The highest BCUT2D eigenvalue weighted by atomic mass is 15.2. The van der Waals surface area contributed by atoms with Crippen molar-refractivity contribution in [1.29, 1.82) is 0 Å². The minimum Gasteiger partial charge on any atom is -0.190 e. The number of azo groups is 1. The standard InChI is InChI=1S/C15H22N2/c1-15(2,13-9-5-3-6-10-13)17-16-14-11-7-4-8-12-14/h3,5-6,9-10,14H,4,7-8,11-12H2,1-2H3/b17-16+. The van der Waals surface area contributed by atoms with Crippen LogP contribution in [0.3, 0.4) is 0 Å². The van der Waals surface area contributed by atoms with Gasteiger partial charge in [0.15, 0.2) is 0 Å². The zero-order chi connectivity index (χ0) is 12.1. The third kappa shape index (κ3) is 3.39. The lowest BCUT2D eigenvalue weighted by atomic mass is 9.95. The third-order valence-corrected chi connectivity index (χ3v) is 3.53. The fourth-order valence-electron chi connectivity index (χ4n) is 2.33. The van der Waals surface area contributed by atoms with Crippen LogP contribution in [0.4, 0.5) is 0 Å². The minimum absolute atomic E-state index is 0.196. The average Bonchev–Trinajstić information content (AvgIpc) is 2.39. The molecule has 0 saturated heterocycles. The molecule has 0 N–H and O–H groups in total. The largest absolute Gasteiger partial charge is 0.190 e. The zero-order valence-electron chi connectivity index (χ0n) is 10.9. The molecule has 2 heteroatoms. The molecule has 0 unspecified atom stereocenters. The molecule has 1 aliphatic rings. The van der Waals surface area contributed by atoms with Crippen LogP contribution in [-0.2, 0) is 5.54 Å². The molecular formula is C15H22N2. The highest BCUT2D eigenvalue weighted by Crippen LogP contribution is 2.27. The molecule has 1 aromatic carbocycles. The van der Waals surface area contributed by atoms with Crippen LogP contribution < -0.4 is 0 Å². The quantitative estimate of drug-likeness (QED) is 0.672. The maximum absolute atomic E-state index is 4.58. The Labute approximate surface area is 104 Å². The summed E-state index contributed by atoms with van der Waals surface area (Å²) in [4.78, 5) is 0. The Morgan fingerprint density at radius 1 is 1.00 bits per heavy atom. The highest BCUT2D eigenvalue weighted by Gasteiger charge is 2.20. The van der Waals surface area contributed by atoms with Gasteiger partial charge in [0.1, 0.15) is 5.54 Å². The van der Waals surface area contributed by atoms with Gasteiger partial charge in [-0.1, -0.05) is 49.6 Å². The summed E-state index contributed by atoms with van der Waals surface area (Å²) in [7, 11) is 0. The van der Waals surface area contributed by atoms with Gasteiger partial charge in [-0.05, 0) is 32.3 Å². The van der Waals surface area contributed by atoms with E-state index in [-0.39, 0.29) is 5.54 Å². The lowest BCUT2D eigenvalue weighted by Gasteiger charge is -2.21. The molecule has 92 valence electrons. The van der Waals surface area contributed by atoms with Crippen molar-refractivity contribution in [1.82, 2.24) is 0 Å². The number of rotatable bonds is 3. The molecule has 0 radical (unpaired) electrons. The summed E-state index contributed by atoms with van der Waals surface area (Å²) in [5.74, 6) is 0. The van der Waals surface area contributed by atoms with E-state index in [0.717, 1.165) is 0 Å². The Balaban J connectivity index is 2.03. The monoisotopic (exact) mass is 230 g/mol. The topological polar surface area (TPSA) is 24.7 Å². The Kier molecular flexibility index (Phi) is 3.93. The first-order valence-electron chi connectivity index (χ1n) is 6.66. The Morgan fingerprint density at radius 2 is 1.65 bits per heavy atom. The van der Waals surface area contributed by atoms with Gasteiger partial charge in [-0.2, -0.15) is 10.2 Å². The van der Waals surface area contributed by atoms with Gasteiger partial charge in [0, 0.05) is 0 Å². The van der Waals surface area contributed by atoms with Crippen molar-refractivity contribution < 1.29 is 0 Å². The number of hydrogen-bond acceptors (Lipinski definition) is 2. The van der Waals surface area contributed by atoms with E-state index in [2.05, 4.69) is 48.3 Å². The smallest absolute Gasteiger partial charge is 0.101 e. The molecule has 0 spiro atoms. The van der Waals surface area contributed by atoms with Crippen LogP contribution in [0.2, 0.25) is 0 Å². The summed E-state index contributed by atoms with van der Waals surface area (Å²) in [6.07, 6.45) is 6.43. The van der Waals surface area contributed by atoms with E-state index in [1.165, 1.54) is 37.7 Å². The second-order valence-corrected chi connectivity index (χ2v) is 5.43. The molecule has 0 bridgehead atoms. The summed E-state index contributed by atoms with van der Waals surface area (Å²) in [5, 5.41) is 9.13. The van der Waals surface area contributed by atoms with Gasteiger partial charge >= 0.3 is 0 Å². The van der Waals surface area contributed by atoms with Gasteiger partial charge in [-0.15, -0.1) is 0 Å². The molecule has 0 aromatic heterocycles. The zero-order valence-corrected chi connectivity index (χ0v) is 10.9. The summed E-state index contributed by atoms with van der Waals surface area (Å²) in [5.41, 5.74) is 1.04. The van der Waals surface area contributed by atoms with Crippen LogP contribution in [0.15, 0.2) is 40.6 Å². The molecule has 1 aromatic rings. The lowest BCUT2D eigenvalue weighted by molar-refractivity contribution is 0.404. The molecule has 0 heterocycles. The van der Waals surface area contributed by atoms with Crippen LogP contribution in [0.25, 0.3) is 0 Å². The van der Waals surface area contributed by atoms with E-state index >= 15 is 0 Å². The first-order valence-corrected chi connectivity index (χ1v) is 6.66. The van der Waals surface area contributed by atoms with Crippen LogP contribution in [0.5, 0.6) is 0 Å². The molecule has 2 nitrogen and oxygen atoms in total. The van der Waals surface area contributed by atoms with E-state index < -0.39 is 0 Å². The number of hydrogen-bond donors (Lipinski definition) is 0. The van der Waals surface area contributed by atoms with Crippen molar-refractivity contribution in [3.05, 3.63) is 35.9 Å². The van der Waals surface area contributed by atoms with E-state index in [9.17, 15) is 0 Å². The van der Waals surface area contributed by atoms with Gasteiger partial charge in [0.25, 0.3) is 0 Å². The van der Waals surface area contributed by atoms with E-state index in [4.69, 9.17) is 0 Å². The predicted octanol–water partition coefficient (Wildman–Crippen LogP) is 4.71. The third-order valence-electron chi connectivity index (χ3n) is 3.53. The highest BCUT2D eigenvalue weighted by molar-refractivity contribution is 5.22. The van der Waals surface area contributed by atoms with Crippen LogP contribution >= 0.6 is 0 Å². The van der Waals surface area contributed by atoms with Crippen molar-refractivity contribution in [2.75, 3.05) is 0 Å². The summed E-state index contributed by atoms with van der Waals surface area (Å²) in [6.45, 7) is 4.27. The van der Waals surface area contributed by atoms with Crippen molar-refractivity contribution >= 4 is 0 Å². The normalized spacial score (nSPS) is 18.7. The molecular weight excluding hydrogens is 208 g/mol. The van der Waals surface area contributed by atoms with E-state index in [1.807, 2.05) is 6.07 Å². The first-order chi connectivity index (χ1) is 8.18. The van der Waals surface area contributed by atoms with Crippen molar-refractivity contribution in [2.45, 2.75) is 57.5 Å². The molecule has 17 heavy (non-hydrogen) atoms. The molecule has 1 saturated carbocycles. The second-order valence-electron chi connectivity index (χ2n) is 5.43. The van der Waals surface area contributed by atoms with E-state index in [0.29, 0.717) is 6.04 Å². The maximum Gasteiger partial charge on any atom is 0.101 e. The van der Waals surface area contributed by atoms with Crippen molar-refractivity contribution in [3.8, 4) is 0 Å². The van der Waals surface area contributed by atoms with Gasteiger partial charge in [-0.3, -0.25) is 0 Å². The van der Waals surface area contributed by atoms with Crippen LogP contribution in [-0.4, -0.2) is 6.04 Å².